The van der Waals surface area contributed by atoms with Crippen molar-refractivity contribution in [1.29, 1.82) is 0 Å². The molecule has 16 heavy (non-hydrogen) atoms. The molecular weight excluding hydrogens is 196 g/mol. The SMILES string of the molecule is CCCCC1=C2CCCCCC2C(C)C1=O. The van der Waals surface area contributed by atoms with Gasteiger partial charge in [-0.3, -0.25) is 4.79 Å². The second-order valence-corrected chi connectivity index (χ2v) is 5.47. The maximum absolute atomic E-state index is 12.2. The number of carbonyl (C=O) groups excluding carboxylic acids is 1. The molecule has 0 aromatic heterocycles. The molecule has 2 rings (SSSR count). The fourth-order valence-electron chi connectivity index (χ4n) is 3.40. The second kappa shape index (κ2) is 5.16. The van der Waals surface area contributed by atoms with Crippen molar-refractivity contribution in [2.75, 3.05) is 0 Å². The number of ketones is 1. The Kier molecular flexibility index (Phi) is 3.83. The molecule has 0 aromatic carbocycles. The van der Waals surface area contributed by atoms with Crippen LogP contribution >= 0.6 is 0 Å². The fourth-order valence-corrected chi connectivity index (χ4v) is 3.40. The third-order valence-electron chi connectivity index (χ3n) is 4.39. The van der Waals surface area contributed by atoms with Crippen LogP contribution in [-0.2, 0) is 4.79 Å². The number of carbonyl (C=O) groups is 1. The monoisotopic (exact) mass is 220 g/mol. The molecule has 2 atom stereocenters. The summed E-state index contributed by atoms with van der Waals surface area (Å²) < 4.78 is 0. The topological polar surface area (TPSA) is 17.1 Å². The van der Waals surface area contributed by atoms with Gasteiger partial charge < -0.3 is 0 Å². The van der Waals surface area contributed by atoms with Gasteiger partial charge >= 0.3 is 0 Å². The van der Waals surface area contributed by atoms with Crippen molar-refractivity contribution in [3.63, 3.8) is 0 Å². The predicted octanol–water partition coefficient (Wildman–Crippen LogP) is 4.27. The molecule has 0 aliphatic heterocycles. The van der Waals surface area contributed by atoms with Gasteiger partial charge in [0, 0.05) is 5.92 Å². The molecule has 0 saturated heterocycles. The quantitative estimate of drug-likeness (QED) is 0.694. The molecule has 0 heterocycles. The predicted molar refractivity (Wildman–Crippen MR) is 67.3 cm³/mol. The van der Waals surface area contributed by atoms with E-state index < -0.39 is 0 Å². The molecule has 0 spiro atoms. The Labute approximate surface area is 99.3 Å². The molecule has 0 bridgehead atoms. The van der Waals surface area contributed by atoms with Crippen LogP contribution < -0.4 is 0 Å². The van der Waals surface area contributed by atoms with Gasteiger partial charge in [-0.1, -0.05) is 38.7 Å². The third kappa shape index (κ3) is 2.09. The zero-order chi connectivity index (χ0) is 11.5. The van der Waals surface area contributed by atoms with Crippen LogP contribution in [0.2, 0.25) is 0 Å². The number of fused-ring (bicyclic) bond motifs is 1. The number of hydrogen-bond donors (Lipinski definition) is 0. The Morgan fingerprint density at radius 3 is 2.81 bits per heavy atom. The van der Waals surface area contributed by atoms with Crippen LogP contribution in [0.5, 0.6) is 0 Å². The van der Waals surface area contributed by atoms with Crippen LogP contribution in [0.4, 0.5) is 0 Å². The van der Waals surface area contributed by atoms with Crippen LogP contribution in [0.15, 0.2) is 11.1 Å². The number of unbranched alkanes of at least 4 members (excludes halogenated alkanes) is 1. The molecule has 1 saturated carbocycles. The van der Waals surface area contributed by atoms with E-state index in [9.17, 15) is 4.79 Å². The normalized spacial score (nSPS) is 30.5. The van der Waals surface area contributed by atoms with E-state index in [4.69, 9.17) is 0 Å². The van der Waals surface area contributed by atoms with Crippen LogP contribution in [-0.4, -0.2) is 5.78 Å². The molecule has 1 fully saturated rings. The van der Waals surface area contributed by atoms with E-state index in [0.717, 1.165) is 6.42 Å². The van der Waals surface area contributed by atoms with Gasteiger partial charge in [0.25, 0.3) is 0 Å². The van der Waals surface area contributed by atoms with Crippen molar-refractivity contribution in [2.24, 2.45) is 11.8 Å². The van der Waals surface area contributed by atoms with E-state index in [0.29, 0.717) is 17.6 Å². The van der Waals surface area contributed by atoms with E-state index >= 15 is 0 Å². The Morgan fingerprint density at radius 2 is 2.06 bits per heavy atom. The van der Waals surface area contributed by atoms with E-state index in [1.807, 2.05) is 0 Å². The van der Waals surface area contributed by atoms with Gasteiger partial charge in [-0.05, 0) is 43.6 Å². The van der Waals surface area contributed by atoms with Gasteiger partial charge in [0.1, 0.15) is 0 Å². The molecule has 1 nitrogen and oxygen atoms in total. The lowest BCUT2D eigenvalue weighted by atomic mass is 9.88. The van der Waals surface area contributed by atoms with E-state index in [2.05, 4.69) is 13.8 Å². The largest absolute Gasteiger partial charge is 0.294 e. The summed E-state index contributed by atoms with van der Waals surface area (Å²) >= 11 is 0. The van der Waals surface area contributed by atoms with Crippen molar-refractivity contribution < 1.29 is 4.79 Å². The Morgan fingerprint density at radius 1 is 1.25 bits per heavy atom. The molecule has 1 heteroatoms. The van der Waals surface area contributed by atoms with Gasteiger partial charge in [-0.2, -0.15) is 0 Å². The highest BCUT2D eigenvalue weighted by molar-refractivity contribution is 6.00. The Bertz CT molecular complexity index is 301. The first-order valence-corrected chi connectivity index (χ1v) is 7.01. The van der Waals surface area contributed by atoms with Gasteiger partial charge in [-0.15, -0.1) is 0 Å². The summed E-state index contributed by atoms with van der Waals surface area (Å²) in [5.74, 6) is 1.39. The molecule has 0 radical (unpaired) electrons. The lowest BCUT2D eigenvalue weighted by Gasteiger charge is -2.15. The molecular formula is C15H24O. The minimum atomic E-state index is 0.292. The van der Waals surface area contributed by atoms with Crippen molar-refractivity contribution in [3.8, 4) is 0 Å². The maximum atomic E-state index is 12.2. The molecule has 2 aliphatic rings. The summed E-state index contributed by atoms with van der Waals surface area (Å²) in [7, 11) is 0. The second-order valence-electron chi connectivity index (χ2n) is 5.47. The highest BCUT2D eigenvalue weighted by Gasteiger charge is 2.38. The Balaban J connectivity index is 2.21. The average Bonchev–Trinajstić information content (AvgIpc) is 2.51. The minimum Gasteiger partial charge on any atom is -0.294 e. The molecule has 2 aliphatic carbocycles. The summed E-state index contributed by atoms with van der Waals surface area (Å²) in [6, 6.07) is 0. The Hall–Kier alpha value is -0.590. The molecule has 0 aromatic rings. The summed E-state index contributed by atoms with van der Waals surface area (Å²) in [5.41, 5.74) is 2.80. The number of rotatable bonds is 3. The summed E-state index contributed by atoms with van der Waals surface area (Å²) in [4.78, 5) is 12.2. The lowest BCUT2D eigenvalue weighted by Crippen LogP contribution is -2.13. The minimum absolute atomic E-state index is 0.292. The zero-order valence-electron chi connectivity index (χ0n) is 10.7. The third-order valence-corrected chi connectivity index (χ3v) is 4.39. The van der Waals surface area contributed by atoms with Crippen LogP contribution in [0.3, 0.4) is 0 Å². The first-order valence-electron chi connectivity index (χ1n) is 7.01. The van der Waals surface area contributed by atoms with Crippen molar-refractivity contribution in [3.05, 3.63) is 11.1 Å². The van der Waals surface area contributed by atoms with Crippen molar-refractivity contribution >= 4 is 5.78 Å². The first-order chi connectivity index (χ1) is 7.75. The van der Waals surface area contributed by atoms with Crippen molar-refractivity contribution in [2.45, 2.75) is 65.2 Å². The van der Waals surface area contributed by atoms with Crippen molar-refractivity contribution in [1.82, 2.24) is 0 Å². The standard InChI is InChI=1S/C15H24O/c1-3-4-8-14-13-10-7-5-6-9-12(13)11(2)15(14)16/h11-12H,3-10H2,1-2H3. The van der Waals surface area contributed by atoms with Crippen LogP contribution in [0, 0.1) is 11.8 Å². The number of allylic oxidation sites excluding steroid dienone is 2. The number of hydrogen-bond acceptors (Lipinski definition) is 1. The molecule has 90 valence electrons. The lowest BCUT2D eigenvalue weighted by molar-refractivity contribution is -0.118. The maximum Gasteiger partial charge on any atom is 0.162 e. The summed E-state index contributed by atoms with van der Waals surface area (Å²) in [6.45, 7) is 4.36. The highest BCUT2D eigenvalue weighted by atomic mass is 16.1. The fraction of sp³-hybridized carbons (Fsp3) is 0.800. The average molecular weight is 220 g/mol. The van der Waals surface area contributed by atoms with E-state index in [1.165, 1.54) is 50.5 Å². The smallest absolute Gasteiger partial charge is 0.162 e. The van der Waals surface area contributed by atoms with Gasteiger partial charge in [0.15, 0.2) is 5.78 Å². The summed E-state index contributed by atoms with van der Waals surface area (Å²) in [5, 5.41) is 0. The number of Topliss-reactive ketones (excluding diaryl/α,β-unsaturated/α-hetero) is 1. The van der Waals surface area contributed by atoms with Crippen LogP contribution in [0.1, 0.15) is 65.2 Å². The van der Waals surface area contributed by atoms with E-state index in [1.54, 1.807) is 5.57 Å². The molecule has 0 amide bonds. The van der Waals surface area contributed by atoms with Gasteiger partial charge in [-0.25, -0.2) is 0 Å². The first kappa shape index (κ1) is 11.9. The van der Waals surface area contributed by atoms with Gasteiger partial charge in [0.05, 0.1) is 0 Å². The van der Waals surface area contributed by atoms with Crippen LogP contribution in [0.25, 0.3) is 0 Å². The van der Waals surface area contributed by atoms with E-state index in [-0.39, 0.29) is 0 Å². The zero-order valence-corrected chi connectivity index (χ0v) is 10.7. The molecule has 2 unspecified atom stereocenters. The molecule has 0 N–H and O–H groups in total. The van der Waals surface area contributed by atoms with Gasteiger partial charge in [0.2, 0.25) is 0 Å². The highest BCUT2D eigenvalue weighted by Crippen LogP contribution is 2.43. The summed E-state index contributed by atoms with van der Waals surface area (Å²) in [6.07, 6.45) is 9.90.